The Labute approximate surface area is 103 Å². The molecule has 0 unspecified atom stereocenters. The van der Waals surface area contributed by atoms with Crippen LogP contribution in [-0.4, -0.2) is 10.8 Å². The summed E-state index contributed by atoms with van der Waals surface area (Å²) >= 11 is 0. The van der Waals surface area contributed by atoms with Gasteiger partial charge in [0.2, 0.25) is 0 Å². The molecule has 0 saturated heterocycles. The zero-order valence-corrected chi connectivity index (χ0v) is 11.0. The average molecular weight is 229 g/mol. The summed E-state index contributed by atoms with van der Waals surface area (Å²) < 4.78 is 0. The van der Waals surface area contributed by atoms with Crippen LogP contribution in [-0.2, 0) is 11.2 Å². The Morgan fingerprint density at radius 3 is 2.71 bits per heavy atom. The molecule has 1 aliphatic carbocycles. The number of rotatable bonds is 2. The molecule has 0 radical (unpaired) electrons. The Balaban J connectivity index is 2.54. The first-order chi connectivity index (χ1) is 8.04. The second-order valence-electron chi connectivity index (χ2n) is 4.99. The average Bonchev–Trinajstić information content (AvgIpc) is 2.28. The number of nitrogens with zero attached hydrogens (tertiary/aromatic N) is 1. The van der Waals surface area contributed by atoms with Crippen LogP contribution in [0, 0.1) is 0 Å². The summed E-state index contributed by atoms with van der Waals surface area (Å²) in [5.74, 6) is 0.722. The summed E-state index contributed by atoms with van der Waals surface area (Å²) in [6.45, 7) is 8.34. The van der Waals surface area contributed by atoms with E-state index < -0.39 is 0 Å². The molecule has 0 spiro atoms. The van der Waals surface area contributed by atoms with Crippen molar-refractivity contribution in [3.8, 4) is 0 Å². The van der Waals surface area contributed by atoms with Gasteiger partial charge in [-0.1, -0.05) is 26.8 Å². The van der Waals surface area contributed by atoms with Gasteiger partial charge in [-0.15, -0.1) is 0 Å². The largest absolute Gasteiger partial charge is 0.294 e. The maximum absolute atomic E-state index is 12.0. The smallest absolute Gasteiger partial charge is 0.163 e. The van der Waals surface area contributed by atoms with E-state index in [4.69, 9.17) is 0 Å². The van der Waals surface area contributed by atoms with Crippen LogP contribution in [0.3, 0.4) is 0 Å². The zero-order chi connectivity index (χ0) is 12.6. The van der Waals surface area contributed by atoms with Crippen LogP contribution >= 0.6 is 0 Å². The summed E-state index contributed by atoms with van der Waals surface area (Å²) in [7, 11) is 0. The molecule has 0 bridgehead atoms. The highest BCUT2D eigenvalue weighted by Crippen LogP contribution is 2.30. The van der Waals surface area contributed by atoms with Crippen molar-refractivity contribution >= 4 is 11.4 Å². The quantitative estimate of drug-likeness (QED) is 0.776. The molecule has 1 aromatic rings. The van der Waals surface area contributed by atoms with E-state index in [2.05, 4.69) is 24.9 Å². The number of aromatic nitrogens is 1. The Bertz CT molecular complexity index is 498. The predicted molar refractivity (Wildman–Crippen MR) is 69.9 cm³/mol. The maximum Gasteiger partial charge on any atom is 0.163 e. The molecule has 90 valence electrons. The number of hydrogen-bond donors (Lipinski definition) is 0. The van der Waals surface area contributed by atoms with Gasteiger partial charge < -0.3 is 0 Å². The van der Waals surface area contributed by atoms with Crippen LogP contribution in [0.5, 0.6) is 0 Å². The number of hydrogen-bond acceptors (Lipinski definition) is 2. The number of ketones is 1. The number of carbonyl (C=O) groups is 1. The first kappa shape index (κ1) is 12.0. The second-order valence-corrected chi connectivity index (χ2v) is 4.99. The van der Waals surface area contributed by atoms with Crippen LogP contribution in [0.25, 0.3) is 5.57 Å². The van der Waals surface area contributed by atoms with Crippen LogP contribution in [0.4, 0.5) is 0 Å². The molecule has 0 saturated carbocycles. The van der Waals surface area contributed by atoms with Crippen LogP contribution in [0.15, 0.2) is 17.8 Å². The topological polar surface area (TPSA) is 30.0 Å². The van der Waals surface area contributed by atoms with Gasteiger partial charge in [0, 0.05) is 18.2 Å². The van der Waals surface area contributed by atoms with Crippen molar-refractivity contribution in [1.82, 2.24) is 4.98 Å². The van der Waals surface area contributed by atoms with Gasteiger partial charge in [0.25, 0.3) is 0 Å². The summed E-state index contributed by atoms with van der Waals surface area (Å²) in [5, 5.41) is 0. The lowest BCUT2D eigenvalue weighted by atomic mass is 9.86. The van der Waals surface area contributed by atoms with E-state index in [0.29, 0.717) is 12.3 Å². The fourth-order valence-electron chi connectivity index (χ4n) is 2.41. The van der Waals surface area contributed by atoms with Gasteiger partial charge in [-0.3, -0.25) is 9.78 Å². The molecule has 17 heavy (non-hydrogen) atoms. The molecule has 2 nitrogen and oxygen atoms in total. The Morgan fingerprint density at radius 1 is 1.41 bits per heavy atom. The summed E-state index contributed by atoms with van der Waals surface area (Å²) in [5.41, 5.74) is 5.34. The Morgan fingerprint density at radius 2 is 2.12 bits per heavy atom. The lowest BCUT2D eigenvalue weighted by molar-refractivity contribution is -0.115. The minimum atomic E-state index is 0.264. The first-order valence-electron chi connectivity index (χ1n) is 6.26. The number of pyridine rings is 1. The molecule has 0 aromatic carbocycles. The van der Waals surface area contributed by atoms with Gasteiger partial charge >= 0.3 is 0 Å². The van der Waals surface area contributed by atoms with Gasteiger partial charge in [0.1, 0.15) is 0 Å². The SMILES string of the molecule is CCC1=C(C)c2ncc(C(C)C)cc2CC1=O. The van der Waals surface area contributed by atoms with Crippen LogP contribution in [0.1, 0.15) is 56.9 Å². The van der Waals surface area contributed by atoms with Crippen molar-refractivity contribution in [2.75, 3.05) is 0 Å². The molecule has 0 fully saturated rings. The number of Topliss-reactive ketones (excluding diaryl/α,β-unsaturated/α-hetero) is 1. The van der Waals surface area contributed by atoms with E-state index in [1.54, 1.807) is 0 Å². The van der Waals surface area contributed by atoms with Crippen LogP contribution < -0.4 is 0 Å². The van der Waals surface area contributed by atoms with E-state index in [1.807, 2.05) is 20.0 Å². The predicted octanol–water partition coefficient (Wildman–Crippen LogP) is 3.51. The highest BCUT2D eigenvalue weighted by molar-refractivity contribution is 6.06. The van der Waals surface area contributed by atoms with Gasteiger partial charge in [-0.25, -0.2) is 0 Å². The zero-order valence-electron chi connectivity index (χ0n) is 11.0. The molecule has 1 heterocycles. The lowest BCUT2D eigenvalue weighted by Gasteiger charge is -2.20. The van der Waals surface area contributed by atoms with Gasteiger partial charge in [0.15, 0.2) is 5.78 Å². The van der Waals surface area contributed by atoms with E-state index in [-0.39, 0.29) is 5.78 Å². The number of allylic oxidation sites excluding steroid dienone is 2. The highest BCUT2D eigenvalue weighted by atomic mass is 16.1. The van der Waals surface area contributed by atoms with Gasteiger partial charge in [0.05, 0.1) is 5.69 Å². The normalized spacial score (nSPS) is 15.5. The Hall–Kier alpha value is -1.44. The van der Waals surface area contributed by atoms with E-state index in [0.717, 1.165) is 28.8 Å². The molecule has 1 aliphatic rings. The third-order valence-electron chi connectivity index (χ3n) is 3.50. The number of carbonyl (C=O) groups excluding carboxylic acids is 1. The van der Waals surface area contributed by atoms with Crippen molar-refractivity contribution in [2.45, 2.75) is 46.5 Å². The molecule has 2 heteroatoms. The summed E-state index contributed by atoms with van der Waals surface area (Å²) in [4.78, 5) is 16.5. The molecular formula is C15H19NO. The van der Waals surface area contributed by atoms with E-state index >= 15 is 0 Å². The second kappa shape index (κ2) is 4.44. The molecule has 0 aliphatic heterocycles. The standard InChI is InChI=1S/C15H19NO/c1-5-13-10(4)15-11(7-14(13)17)6-12(8-16-15)9(2)3/h6,8-9H,5,7H2,1-4H3. The minimum Gasteiger partial charge on any atom is -0.294 e. The minimum absolute atomic E-state index is 0.264. The molecule has 0 amide bonds. The van der Waals surface area contributed by atoms with Crippen molar-refractivity contribution in [1.29, 1.82) is 0 Å². The monoisotopic (exact) mass is 229 g/mol. The van der Waals surface area contributed by atoms with Crippen LogP contribution in [0.2, 0.25) is 0 Å². The van der Waals surface area contributed by atoms with Gasteiger partial charge in [-0.2, -0.15) is 0 Å². The fraction of sp³-hybridized carbons (Fsp3) is 0.467. The molecule has 2 rings (SSSR count). The van der Waals surface area contributed by atoms with Gasteiger partial charge in [-0.05, 0) is 36.0 Å². The fourth-order valence-corrected chi connectivity index (χ4v) is 2.41. The van der Waals surface area contributed by atoms with Crippen molar-refractivity contribution in [2.24, 2.45) is 0 Å². The first-order valence-corrected chi connectivity index (χ1v) is 6.26. The molecule has 1 aromatic heterocycles. The third kappa shape index (κ3) is 2.04. The molecule has 0 atom stereocenters. The highest BCUT2D eigenvalue weighted by Gasteiger charge is 2.23. The summed E-state index contributed by atoms with van der Waals surface area (Å²) in [6, 6.07) is 2.14. The third-order valence-corrected chi connectivity index (χ3v) is 3.50. The van der Waals surface area contributed by atoms with Crippen molar-refractivity contribution in [3.63, 3.8) is 0 Å². The molecule has 0 N–H and O–H groups in total. The van der Waals surface area contributed by atoms with Crippen molar-refractivity contribution in [3.05, 3.63) is 34.7 Å². The van der Waals surface area contributed by atoms with E-state index in [9.17, 15) is 4.79 Å². The summed E-state index contributed by atoms with van der Waals surface area (Å²) in [6.07, 6.45) is 3.26. The molecular weight excluding hydrogens is 210 g/mol. The lowest BCUT2D eigenvalue weighted by Crippen LogP contribution is -2.16. The maximum atomic E-state index is 12.0. The number of fused-ring (bicyclic) bond motifs is 1. The van der Waals surface area contributed by atoms with Crippen molar-refractivity contribution < 1.29 is 4.79 Å². The Kier molecular flexibility index (Phi) is 3.14. The van der Waals surface area contributed by atoms with E-state index in [1.165, 1.54) is 5.56 Å².